The fraction of sp³-hybridized carbons (Fsp3) is 0.435. The molecule has 0 aromatic heterocycles. The number of thioether (sulfide) groups is 2. The van der Waals surface area contributed by atoms with Gasteiger partial charge in [-0.3, -0.25) is 9.69 Å². The van der Waals surface area contributed by atoms with Crippen molar-refractivity contribution in [3.63, 3.8) is 0 Å². The Morgan fingerprint density at radius 3 is 2.33 bits per heavy atom. The van der Waals surface area contributed by atoms with Gasteiger partial charge in [-0.2, -0.15) is 0 Å². The lowest BCUT2D eigenvalue weighted by molar-refractivity contribution is 0.0628. The van der Waals surface area contributed by atoms with Crippen molar-refractivity contribution in [1.29, 1.82) is 0 Å². The van der Waals surface area contributed by atoms with Crippen LogP contribution in [0.4, 0.5) is 0 Å². The number of piperazine rings is 1. The molecule has 5 nitrogen and oxygen atoms in total. The van der Waals surface area contributed by atoms with Crippen molar-refractivity contribution in [2.75, 3.05) is 50.9 Å². The van der Waals surface area contributed by atoms with Crippen LogP contribution in [0.1, 0.15) is 26.1 Å². The first-order valence-electron chi connectivity index (χ1n) is 10.5. The molecular formula is C23H26N2O3S2. The van der Waals surface area contributed by atoms with E-state index in [1.54, 1.807) is 0 Å². The van der Waals surface area contributed by atoms with Gasteiger partial charge < -0.3 is 14.4 Å². The van der Waals surface area contributed by atoms with E-state index in [1.807, 2.05) is 46.6 Å². The van der Waals surface area contributed by atoms with Crippen molar-refractivity contribution >= 4 is 29.4 Å². The summed E-state index contributed by atoms with van der Waals surface area (Å²) in [5.74, 6) is 4.24. The van der Waals surface area contributed by atoms with Crippen LogP contribution in [0.15, 0.2) is 42.5 Å². The van der Waals surface area contributed by atoms with Crippen LogP contribution in [-0.2, 0) is 6.54 Å². The van der Waals surface area contributed by atoms with Crippen molar-refractivity contribution in [2.24, 2.45) is 0 Å². The number of hydrogen-bond acceptors (Lipinski definition) is 6. The van der Waals surface area contributed by atoms with E-state index in [2.05, 4.69) is 29.2 Å². The Morgan fingerprint density at radius 1 is 0.900 bits per heavy atom. The summed E-state index contributed by atoms with van der Waals surface area (Å²) in [6.07, 6.45) is 0. The van der Waals surface area contributed by atoms with E-state index >= 15 is 0 Å². The summed E-state index contributed by atoms with van der Waals surface area (Å²) in [4.78, 5) is 17.3. The summed E-state index contributed by atoms with van der Waals surface area (Å²) in [6.45, 7) is 5.38. The van der Waals surface area contributed by atoms with Crippen LogP contribution in [0.5, 0.6) is 11.5 Å². The lowest BCUT2D eigenvalue weighted by Gasteiger charge is -2.35. The molecule has 3 aliphatic heterocycles. The molecule has 158 valence electrons. The summed E-state index contributed by atoms with van der Waals surface area (Å²) in [6, 6.07) is 14.4. The van der Waals surface area contributed by atoms with E-state index in [9.17, 15) is 4.79 Å². The SMILES string of the molecule is O=C(c1ccc(C2SCCS2)cc1)N1CCN(Cc2ccc3c(c2)OCCO3)CC1. The molecule has 2 fully saturated rings. The van der Waals surface area contributed by atoms with E-state index in [0.29, 0.717) is 17.8 Å². The van der Waals surface area contributed by atoms with Crippen molar-refractivity contribution < 1.29 is 14.3 Å². The standard InChI is InChI=1S/C23H26N2O3S2/c26-22(18-2-4-19(5-3-18)23-29-13-14-30-23)25-9-7-24(8-10-25)16-17-1-6-20-21(15-17)28-12-11-27-20/h1-6,15,23H,7-14,16H2. The second-order valence-electron chi connectivity index (χ2n) is 7.74. The first-order valence-corrected chi connectivity index (χ1v) is 12.6. The van der Waals surface area contributed by atoms with Crippen LogP contribution in [0, 0.1) is 0 Å². The number of amides is 1. The summed E-state index contributed by atoms with van der Waals surface area (Å²) < 4.78 is 11.8. The third kappa shape index (κ3) is 4.43. The zero-order valence-corrected chi connectivity index (χ0v) is 18.6. The van der Waals surface area contributed by atoms with E-state index in [1.165, 1.54) is 22.6 Å². The molecule has 0 atom stereocenters. The van der Waals surface area contributed by atoms with Gasteiger partial charge in [0.15, 0.2) is 11.5 Å². The zero-order valence-electron chi connectivity index (χ0n) is 16.9. The minimum absolute atomic E-state index is 0.146. The Labute approximate surface area is 186 Å². The molecule has 0 aliphatic carbocycles. The second-order valence-corrected chi connectivity index (χ2v) is 10.5. The monoisotopic (exact) mass is 442 g/mol. The molecule has 2 saturated heterocycles. The maximum Gasteiger partial charge on any atom is 0.253 e. The van der Waals surface area contributed by atoms with Gasteiger partial charge in [0.1, 0.15) is 13.2 Å². The molecule has 1 amide bonds. The molecule has 2 aromatic rings. The zero-order chi connectivity index (χ0) is 20.3. The number of carbonyl (C=O) groups is 1. The highest BCUT2D eigenvalue weighted by Crippen LogP contribution is 2.45. The van der Waals surface area contributed by atoms with Crippen molar-refractivity contribution in [1.82, 2.24) is 9.80 Å². The average Bonchev–Trinajstić information content (AvgIpc) is 3.34. The Bertz CT molecular complexity index is 892. The maximum atomic E-state index is 12.9. The summed E-state index contributed by atoms with van der Waals surface area (Å²) in [5.41, 5.74) is 3.34. The number of fused-ring (bicyclic) bond motifs is 1. The van der Waals surface area contributed by atoms with Gasteiger partial charge in [0.2, 0.25) is 0 Å². The molecule has 0 saturated carbocycles. The third-order valence-electron chi connectivity index (χ3n) is 5.72. The van der Waals surface area contributed by atoms with Gasteiger partial charge in [-0.05, 0) is 35.4 Å². The quantitative estimate of drug-likeness (QED) is 0.716. The number of hydrogen-bond donors (Lipinski definition) is 0. The van der Waals surface area contributed by atoms with Crippen LogP contribution in [0.2, 0.25) is 0 Å². The number of nitrogens with zero attached hydrogens (tertiary/aromatic N) is 2. The van der Waals surface area contributed by atoms with Crippen LogP contribution in [0.3, 0.4) is 0 Å². The van der Waals surface area contributed by atoms with E-state index in [-0.39, 0.29) is 5.91 Å². The van der Waals surface area contributed by atoms with Crippen LogP contribution in [-0.4, -0.2) is 66.6 Å². The molecule has 5 rings (SSSR count). The van der Waals surface area contributed by atoms with Gasteiger partial charge in [-0.15, -0.1) is 23.5 Å². The van der Waals surface area contributed by atoms with E-state index in [4.69, 9.17) is 9.47 Å². The number of ether oxygens (including phenoxy) is 2. The Morgan fingerprint density at radius 2 is 1.60 bits per heavy atom. The van der Waals surface area contributed by atoms with Crippen LogP contribution < -0.4 is 9.47 Å². The lowest BCUT2D eigenvalue weighted by atomic mass is 10.1. The Balaban J connectivity index is 1.15. The molecule has 2 aromatic carbocycles. The van der Waals surface area contributed by atoms with Gasteiger partial charge in [0.05, 0.1) is 4.58 Å². The minimum Gasteiger partial charge on any atom is -0.486 e. The molecular weight excluding hydrogens is 416 g/mol. The first kappa shape index (κ1) is 20.1. The molecule has 3 heterocycles. The number of benzene rings is 2. The molecule has 0 N–H and O–H groups in total. The molecule has 0 spiro atoms. The van der Waals surface area contributed by atoms with Crippen molar-refractivity contribution in [2.45, 2.75) is 11.1 Å². The topological polar surface area (TPSA) is 42.0 Å². The third-order valence-corrected chi connectivity index (χ3v) is 8.83. The molecule has 30 heavy (non-hydrogen) atoms. The van der Waals surface area contributed by atoms with Crippen LogP contribution >= 0.6 is 23.5 Å². The number of rotatable bonds is 4. The van der Waals surface area contributed by atoms with Gasteiger partial charge in [-0.25, -0.2) is 0 Å². The Kier molecular flexibility index (Phi) is 6.11. The smallest absolute Gasteiger partial charge is 0.253 e. The fourth-order valence-corrected chi connectivity index (χ4v) is 6.93. The van der Waals surface area contributed by atoms with Crippen molar-refractivity contribution in [3.05, 3.63) is 59.2 Å². The highest BCUT2D eigenvalue weighted by atomic mass is 32.2. The van der Waals surface area contributed by atoms with Crippen molar-refractivity contribution in [3.8, 4) is 11.5 Å². The van der Waals surface area contributed by atoms with Gasteiger partial charge in [0.25, 0.3) is 5.91 Å². The largest absolute Gasteiger partial charge is 0.486 e. The second kappa shape index (κ2) is 9.12. The lowest BCUT2D eigenvalue weighted by Crippen LogP contribution is -2.48. The predicted octanol–water partition coefficient (Wildman–Crippen LogP) is 3.89. The average molecular weight is 443 g/mol. The summed E-state index contributed by atoms with van der Waals surface area (Å²) in [5, 5.41) is 0. The fourth-order valence-electron chi connectivity index (χ4n) is 4.07. The van der Waals surface area contributed by atoms with Gasteiger partial charge >= 0.3 is 0 Å². The molecule has 0 bridgehead atoms. The number of carbonyl (C=O) groups excluding carboxylic acids is 1. The van der Waals surface area contributed by atoms with E-state index < -0.39 is 0 Å². The van der Waals surface area contributed by atoms with Gasteiger partial charge in [-0.1, -0.05) is 18.2 Å². The normalized spacial score (nSPS) is 19.8. The van der Waals surface area contributed by atoms with Gasteiger partial charge in [0, 0.05) is 49.8 Å². The highest BCUT2D eigenvalue weighted by Gasteiger charge is 2.24. The molecule has 0 unspecified atom stereocenters. The first-order chi connectivity index (χ1) is 14.8. The molecule has 7 heteroatoms. The molecule has 3 aliphatic rings. The highest BCUT2D eigenvalue weighted by molar-refractivity contribution is 8.19. The van der Waals surface area contributed by atoms with Crippen LogP contribution in [0.25, 0.3) is 0 Å². The Hall–Kier alpha value is -1.83. The summed E-state index contributed by atoms with van der Waals surface area (Å²) in [7, 11) is 0. The predicted molar refractivity (Wildman–Crippen MR) is 123 cm³/mol. The van der Waals surface area contributed by atoms with E-state index in [0.717, 1.165) is 49.8 Å². The minimum atomic E-state index is 0.146. The maximum absolute atomic E-state index is 12.9. The molecule has 0 radical (unpaired) electrons. The summed E-state index contributed by atoms with van der Waals surface area (Å²) >= 11 is 3.99.